The number of imidazole rings is 1. The minimum absolute atomic E-state index is 0.0499. The maximum absolute atomic E-state index is 13.8. The van der Waals surface area contributed by atoms with Crippen LogP contribution in [-0.2, 0) is 22.6 Å². The van der Waals surface area contributed by atoms with Crippen LogP contribution in [0.2, 0.25) is 0 Å². The SMILES string of the molecule is Cc1ccn2cc(C(=O)N3CCCC(=O)N4CCCC[C@H]4C(=O)N[C@H](Cc4ccccc4)c4nc(C)nn4CC3)nc2c1. The van der Waals surface area contributed by atoms with Crippen LogP contribution in [0.25, 0.3) is 5.65 Å². The van der Waals surface area contributed by atoms with Gasteiger partial charge in [0, 0.05) is 38.4 Å². The second-order valence-electron chi connectivity index (χ2n) is 11.6. The molecule has 2 atom stereocenters. The third-order valence-electron chi connectivity index (χ3n) is 8.37. The van der Waals surface area contributed by atoms with E-state index in [1.54, 1.807) is 16.0 Å². The number of piperidine rings is 1. The van der Waals surface area contributed by atoms with Crippen LogP contribution in [0.5, 0.6) is 0 Å². The van der Waals surface area contributed by atoms with E-state index in [-0.39, 0.29) is 24.1 Å². The monoisotopic (exact) mass is 582 g/mol. The summed E-state index contributed by atoms with van der Waals surface area (Å²) in [5.41, 5.74) is 3.19. The maximum Gasteiger partial charge on any atom is 0.274 e. The first-order valence-electron chi connectivity index (χ1n) is 15.2. The number of carbonyl (C=O) groups is 3. The lowest BCUT2D eigenvalue weighted by molar-refractivity contribution is -0.142. The molecule has 6 rings (SSSR count). The lowest BCUT2D eigenvalue weighted by Gasteiger charge is -2.36. The number of fused-ring (bicyclic) bond motifs is 3. The Morgan fingerprint density at radius 3 is 2.65 bits per heavy atom. The standard InChI is InChI=1S/C32H38N8O3/c1-22-13-16-38-21-26(34-28(38)19-22)32(43)37-14-8-12-29(41)39-15-7-6-11-27(39)31(42)35-25(20-24-9-4-3-5-10-24)30-33-23(2)36-40(30)18-17-37/h3-5,9-10,13,16,19,21,25,27H,6-8,11-12,14-15,17-18,20H2,1-2H3,(H,35,42)/t25-,27+/m1/s1. The van der Waals surface area contributed by atoms with Gasteiger partial charge in [-0.1, -0.05) is 30.3 Å². The molecule has 0 radical (unpaired) electrons. The number of pyridine rings is 1. The molecule has 4 aromatic rings. The minimum Gasteiger partial charge on any atom is -0.344 e. The zero-order valence-corrected chi connectivity index (χ0v) is 24.8. The number of aryl methyl sites for hydroxylation is 2. The maximum atomic E-state index is 13.8. The molecule has 2 aliphatic heterocycles. The summed E-state index contributed by atoms with van der Waals surface area (Å²) in [6, 6.07) is 12.9. The highest BCUT2D eigenvalue weighted by atomic mass is 16.2. The summed E-state index contributed by atoms with van der Waals surface area (Å²) in [6.07, 6.45) is 7.31. The van der Waals surface area contributed by atoms with E-state index >= 15 is 0 Å². The van der Waals surface area contributed by atoms with Crippen molar-refractivity contribution in [3.63, 3.8) is 0 Å². The number of hydrogen-bond donors (Lipinski definition) is 1. The summed E-state index contributed by atoms with van der Waals surface area (Å²) in [6.45, 7) is 5.51. The van der Waals surface area contributed by atoms with E-state index in [0.717, 1.165) is 24.0 Å². The van der Waals surface area contributed by atoms with E-state index in [9.17, 15) is 14.4 Å². The largest absolute Gasteiger partial charge is 0.344 e. The van der Waals surface area contributed by atoms with Crippen molar-refractivity contribution in [2.45, 2.75) is 71.0 Å². The van der Waals surface area contributed by atoms with E-state index in [0.29, 0.717) is 68.4 Å². The molecule has 11 nitrogen and oxygen atoms in total. The van der Waals surface area contributed by atoms with E-state index in [2.05, 4.69) is 15.4 Å². The molecule has 1 aromatic carbocycles. The van der Waals surface area contributed by atoms with Crippen LogP contribution < -0.4 is 5.32 Å². The Bertz CT molecular complexity index is 1630. The van der Waals surface area contributed by atoms with Crippen molar-refractivity contribution < 1.29 is 14.4 Å². The lowest BCUT2D eigenvalue weighted by atomic mass is 9.99. The Morgan fingerprint density at radius 1 is 0.977 bits per heavy atom. The first-order chi connectivity index (χ1) is 20.9. The van der Waals surface area contributed by atoms with Crippen molar-refractivity contribution in [3.8, 4) is 0 Å². The molecule has 0 aliphatic carbocycles. The van der Waals surface area contributed by atoms with E-state index in [1.807, 2.05) is 71.6 Å². The Kier molecular flexibility index (Phi) is 8.22. The first kappa shape index (κ1) is 28.6. The molecule has 3 amide bonds. The number of rotatable bonds is 3. The molecule has 3 aromatic heterocycles. The molecule has 0 spiro atoms. The summed E-state index contributed by atoms with van der Waals surface area (Å²) in [7, 11) is 0. The zero-order valence-electron chi connectivity index (χ0n) is 24.8. The van der Waals surface area contributed by atoms with Crippen molar-refractivity contribution in [1.29, 1.82) is 0 Å². The van der Waals surface area contributed by atoms with Gasteiger partial charge in [0.2, 0.25) is 11.8 Å². The molecule has 1 N–H and O–H groups in total. The van der Waals surface area contributed by atoms with Gasteiger partial charge in [-0.3, -0.25) is 14.4 Å². The van der Waals surface area contributed by atoms with Crippen LogP contribution >= 0.6 is 0 Å². The fourth-order valence-corrected chi connectivity index (χ4v) is 6.17. The topological polar surface area (TPSA) is 118 Å². The van der Waals surface area contributed by atoms with Gasteiger partial charge >= 0.3 is 0 Å². The van der Waals surface area contributed by atoms with Gasteiger partial charge < -0.3 is 19.5 Å². The molecule has 1 saturated heterocycles. The number of aromatic nitrogens is 5. The van der Waals surface area contributed by atoms with Gasteiger partial charge in [0.15, 0.2) is 0 Å². The Balaban J connectivity index is 1.34. The second kappa shape index (κ2) is 12.4. The van der Waals surface area contributed by atoms with Crippen molar-refractivity contribution in [2.75, 3.05) is 19.6 Å². The Hall–Kier alpha value is -4.54. The number of amides is 3. The number of nitrogens with one attached hydrogen (secondary N) is 1. The van der Waals surface area contributed by atoms with E-state index < -0.39 is 12.1 Å². The molecule has 0 unspecified atom stereocenters. The lowest BCUT2D eigenvalue weighted by Crippen LogP contribution is -2.53. The molecule has 224 valence electrons. The smallest absolute Gasteiger partial charge is 0.274 e. The van der Waals surface area contributed by atoms with Crippen LogP contribution in [0, 0.1) is 13.8 Å². The van der Waals surface area contributed by atoms with Gasteiger partial charge in [0.1, 0.15) is 29.0 Å². The van der Waals surface area contributed by atoms with Gasteiger partial charge in [-0.2, -0.15) is 5.10 Å². The minimum atomic E-state index is -0.529. The zero-order chi connectivity index (χ0) is 29.9. The quantitative estimate of drug-likeness (QED) is 0.396. The average Bonchev–Trinajstić information content (AvgIpc) is 3.60. The third kappa shape index (κ3) is 6.30. The van der Waals surface area contributed by atoms with Gasteiger partial charge in [-0.25, -0.2) is 14.6 Å². The molecular weight excluding hydrogens is 544 g/mol. The van der Waals surface area contributed by atoms with Crippen LogP contribution in [-0.4, -0.2) is 77.3 Å². The van der Waals surface area contributed by atoms with Crippen molar-refractivity contribution in [3.05, 3.63) is 83.3 Å². The van der Waals surface area contributed by atoms with Crippen LogP contribution in [0.4, 0.5) is 0 Å². The highest BCUT2D eigenvalue weighted by Crippen LogP contribution is 2.23. The second-order valence-corrected chi connectivity index (χ2v) is 11.6. The van der Waals surface area contributed by atoms with Gasteiger partial charge in [-0.05, 0) is 69.2 Å². The third-order valence-corrected chi connectivity index (χ3v) is 8.37. The molecule has 1 fully saturated rings. The van der Waals surface area contributed by atoms with E-state index in [4.69, 9.17) is 4.98 Å². The normalized spacial score (nSPS) is 20.3. The number of hydrogen-bond acceptors (Lipinski definition) is 6. The predicted octanol–water partition coefficient (Wildman–Crippen LogP) is 3.26. The summed E-state index contributed by atoms with van der Waals surface area (Å²) in [4.78, 5) is 53.9. The van der Waals surface area contributed by atoms with Crippen LogP contribution in [0.1, 0.15) is 71.4 Å². The number of nitrogens with zero attached hydrogens (tertiary/aromatic N) is 7. The van der Waals surface area contributed by atoms with Crippen molar-refractivity contribution >= 4 is 23.4 Å². The summed E-state index contributed by atoms with van der Waals surface area (Å²) in [5.74, 6) is 0.832. The number of benzene rings is 1. The van der Waals surface area contributed by atoms with Crippen LogP contribution in [0.3, 0.4) is 0 Å². The summed E-state index contributed by atoms with van der Waals surface area (Å²) >= 11 is 0. The molecular formula is C32H38N8O3. The van der Waals surface area contributed by atoms with Crippen molar-refractivity contribution in [2.24, 2.45) is 0 Å². The fourth-order valence-electron chi connectivity index (χ4n) is 6.17. The fraction of sp³-hybridized carbons (Fsp3) is 0.438. The average molecular weight is 583 g/mol. The van der Waals surface area contributed by atoms with Gasteiger partial charge in [0.05, 0.1) is 12.6 Å². The highest BCUT2D eigenvalue weighted by Gasteiger charge is 2.34. The molecule has 2 aliphatic rings. The van der Waals surface area contributed by atoms with E-state index in [1.165, 1.54) is 0 Å². The number of carbonyl (C=O) groups excluding carboxylic acids is 3. The Morgan fingerprint density at radius 2 is 1.81 bits per heavy atom. The summed E-state index contributed by atoms with van der Waals surface area (Å²) in [5, 5.41) is 7.91. The van der Waals surface area contributed by atoms with Crippen molar-refractivity contribution in [1.82, 2.24) is 39.3 Å². The predicted molar refractivity (Wildman–Crippen MR) is 160 cm³/mol. The van der Waals surface area contributed by atoms with Crippen LogP contribution in [0.15, 0.2) is 54.9 Å². The molecule has 43 heavy (non-hydrogen) atoms. The van der Waals surface area contributed by atoms with Gasteiger partial charge in [0.25, 0.3) is 5.91 Å². The molecule has 0 saturated carbocycles. The highest BCUT2D eigenvalue weighted by molar-refractivity contribution is 5.93. The first-order valence-corrected chi connectivity index (χ1v) is 15.2. The molecule has 11 heteroatoms. The van der Waals surface area contributed by atoms with Gasteiger partial charge in [-0.15, -0.1) is 0 Å². The molecule has 5 heterocycles. The Labute approximate surface area is 250 Å². The molecule has 0 bridgehead atoms. The summed E-state index contributed by atoms with van der Waals surface area (Å²) < 4.78 is 3.66.